The second-order valence-corrected chi connectivity index (χ2v) is 8.42. The van der Waals surface area contributed by atoms with Gasteiger partial charge in [0.1, 0.15) is 5.82 Å². The molecule has 2 aliphatic heterocycles. The van der Waals surface area contributed by atoms with Gasteiger partial charge in [0.15, 0.2) is 0 Å². The average molecular weight is 428 g/mol. The predicted octanol–water partition coefficient (Wildman–Crippen LogP) is 3.35. The number of hydrogen-bond donors (Lipinski definition) is 1. The lowest BCUT2D eigenvalue weighted by Crippen LogP contribution is -2.31. The second kappa shape index (κ2) is 7.87. The predicted molar refractivity (Wildman–Crippen MR) is 120 cm³/mol. The molecule has 5 heterocycles. The van der Waals surface area contributed by atoms with E-state index in [0.29, 0.717) is 12.6 Å². The number of nitrogens with zero attached hydrogens (tertiary/aromatic N) is 5. The molecule has 1 aromatic carbocycles. The molecule has 0 radical (unpaired) electrons. The van der Waals surface area contributed by atoms with Gasteiger partial charge in [-0.05, 0) is 31.0 Å². The van der Waals surface area contributed by atoms with Crippen LogP contribution in [0, 0.1) is 0 Å². The molecule has 0 atom stereocenters. The first-order valence-electron chi connectivity index (χ1n) is 11.1. The van der Waals surface area contributed by atoms with Crippen LogP contribution in [0.1, 0.15) is 30.1 Å². The van der Waals surface area contributed by atoms with Gasteiger partial charge in [-0.2, -0.15) is 5.10 Å². The largest absolute Gasteiger partial charge is 0.381 e. The minimum absolute atomic E-state index is 0.332. The summed E-state index contributed by atoms with van der Waals surface area (Å²) in [6.45, 7) is 2.83. The minimum atomic E-state index is 0.332. The van der Waals surface area contributed by atoms with E-state index in [0.717, 1.165) is 84.7 Å². The molecule has 1 N–H and O–H groups in total. The SMILES string of the molecule is O=CN1CCc2c(c(-c3cccc4[nH]c(-c5cccnc5)nc34)nn2C2CCOCC2)C1. The zero-order valence-electron chi connectivity index (χ0n) is 17.7. The molecule has 0 bridgehead atoms. The van der Waals surface area contributed by atoms with Crippen LogP contribution < -0.4 is 0 Å². The summed E-state index contributed by atoms with van der Waals surface area (Å²) in [5.41, 5.74) is 7.07. The Balaban J connectivity index is 1.51. The molecule has 8 heteroatoms. The molecule has 0 aliphatic carbocycles. The number of pyridine rings is 1. The highest BCUT2D eigenvalue weighted by molar-refractivity contribution is 5.93. The molecular formula is C24H24N6O2. The maximum Gasteiger partial charge on any atom is 0.210 e. The van der Waals surface area contributed by atoms with Crippen LogP contribution in [-0.2, 0) is 22.5 Å². The lowest BCUT2D eigenvalue weighted by molar-refractivity contribution is -0.118. The van der Waals surface area contributed by atoms with Gasteiger partial charge in [0, 0.05) is 67.5 Å². The number of H-pyrrole nitrogens is 1. The third kappa shape index (κ3) is 3.18. The molecule has 0 unspecified atom stereocenters. The number of amides is 1. The van der Waals surface area contributed by atoms with Crippen LogP contribution in [0.2, 0.25) is 0 Å². The van der Waals surface area contributed by atoms with Gasteiger partial charge < -0.3 is 14.6 Å². The van der Waals surface area contributed by atoms with E-state index in [4.69, 9.17) is 14.8 Å². The number of aromatic amines is 1. The molecule has 2 aliphatic rings. The minimum Gasteiger partial charge on any atom is -0.381 e. The van der Waals surface area contributed by atoms with Crippen molar-refractivity contribution in [2.45, 2.75) is 31.8 Å². The summed E-state index contributed by atoms with van der Waals surface area (Å²) in [5, 5.41) is 5.14. The lowest BCUT2D eigenvalue weighted by Gasteiger charge is -2.28. The summed E-state index contributed by atoms with van der Waals surface area (Å²) in [7, 11) is 0. The Bertz CT molecular complexity index is 1270. The maximum atomic E-state index is 11.6. The number of carbonyl (C=O) groups excluding carboxylic acids is 1. The number of ether oxygens (including phenoxy) is 1. The molecule has 0 saturated carbocycles. The quantitative estimate of drug-likeness (QED) is 0.504. The zero-order valence-corrected chi connectivity index (χ0v) is 17.7. The summed E-state index contributed by atoms with van der Waals surface area (Å²) in [4.78, 5) is 25.9. The molecule has 4 aromatic rings. The van der Waals surface area contributed by atoms with E-state index in [2.05, 4.69) is 20.7 Å². The number of benzene rings is 1. The van der Waals surface area contributed by atoms with Gasteiger partial charge in [-0.3, -0.25) is 14.5 Å². The number of para-hydroxylation sites is 1. The van der Waals surface area contributed by atoms with Crippen LogP contribution in [0.5, 0.6) is 0 Å². The summed E-state index contributed by atoms with van der Waals surface area (Å²) in [6, 6.07) is 10.4. The van der Waals surface area contributed by atoms with Gasteiger partial charge in [-0.15, -0.1) is 0 Å². The van der Waals surface area contributed by atoms with Crippen molar-refractivity contribution < 1.29 is 9.53 Å². The van der Waals surface area contributed by atoms with Crippen molar-refractivity contribution in [1.82, 2.24) is 29.6 Å². The Hall–Kier alpha value is -3.52. The smallest absolute Gasteiger partial charge is 0.210 e. The van der Waals surface area contributed by atoms with Crippen molar-refractivity contribution in [3.8, 4) is 22.6 Å². The summed E-state index contributed by atoms with van der Waals surface area (Å²) in [5.74, 6) is 0.785. The van der Waals surface area contributed by atoms with Crippen LogP contribution in [-0.4, -0.2) is 55.8 Å². The molecule has 0 spiro atoms. The monoisotopic (exact) mass is 428 g/mol. The van der Waals surface area contributed by atoms with Gasteiger partial charge in [0.05, 0.1) is 22.8 Å². The van der Waals surface area contributed by atoms with E-state index in [9.17, 15) is 4.79 Å². The van der Waals surface area contributed by atoms with Gasteiger partial charge >= 0.3 is 0 Å². The fourth-order valence-electron chi connectivity index (χ4n) is 4.87. The first-order chi connectivity index (χ1) is 15.8. The van der Waals surface area contributed by atoms with Crippen molar-refractivity contribution in [3.05, 3.63) is 54.0 Å². The van der Waals surface area contributed by atoms with Crippen LogP contribution >= 0.6 is 0 Å². The fourth-order valence-corrected chi connectivity index (χ4v) is 4.87. The Morgan fingerprint density at radius 3 is 2.88 bits per heavy atom. The van der Waals surface area contributed by atoms with E-state index >= 15 is 0 Å². The molecule has 1 amide bonds. The van der Waals surface area contributed by atoms with Crippen molar-refractivity contribution in [2.24, 2.45) is 0 Å². The standard InChI is InChI=1S/C24H24N6O2/c31-15-29-10-6-21-19(14-29)22(28-30(21)17-7-11-32-12-8-17)18-4-1-5-20-23(18)27-24(26-20)16-3-2-9-25-13-16/h1-5,9,13,15,17H,6-8,10-12,14H2,(H,26,27). The lowest BCUT2D eigenvalue weighted by atomic mass is 9.99. The van der Waals surface area contributed by atoms with E-state index in [1.807, 2.05) is 29.2 Å². The van der Waals surface area contributed by atoms with E-state index < -0.39 is 0 Å². The zero-order chi connectivity index (χ0) is 21.5. The normalized spacial score (nSPS) is 16.9. The number of fused-ring (bicyclic) bond motifs is 2. The van der Waals surface area contributed by atoms with Crippen molar-refractivity contribution in [1.29, 1.82) is 0 Å². The molecule has 6 rings (SSSR count). The molecule has 1 fully saturated rings. The Morgan fingerprint density at radius 2 is 2.06 bits per heavy atom. The van der Waals surface area contributed by atoms with E-state index in [1.165, 1.54) is 5.69 Å². The Morgan fingerprint density at radius 1 is 1.16 bits per heavy atom. The highest BCUT2D eigenvalue weighted by atomic mass is 16.5. The third-order valence-corrected chi connectivity index (χ3v) is 6.50. The molecule has 162 valence electrons. The highest BCUT2D eigenvalue weighted by Crippen LogP contribution is 2.36. The topological polar surface area (TPSA) is 88.9 Å². The van der Waals surface area contributed by atoms with Gasteiger partial charge in [0.2, 0.25) is 6.41 Å². The second-order valence-electron chi connectivity index (χ2n) is 8.42. The third-order valence-electron chi connectivity index (χ3n) is 6.50. The Kier molecular flexibility index (Phi) is 4.72. The van der Waals surface area contributed by atoms with Crippen LogP contribution in [0.25, 0.3) is 33.7 Å². The van der Waals surface area contributed by atoms with Gasteiger partial charge in [-0.1, -0.05) is 12.1 Å². The molecule has 32 heavy (non-hydrogen) atoms. The number of carbonyl (C=O) groups is 1. The van der Waals surface area contributed by atoms with E-state index in [-0.39, 0.29) is 0 Å². The molecular weight excluding hydrogens is 404 g/mol. The van der Waals surface area contributed by atoms with E-state index in [1.54, 1.807) is 12.4 Å². The van der Waals surface area contributed by atoms with Crippen molar-refractivity contribution >= 4 is 17.4 Å². The Labute approximate surface area is 185 Å². The van der Waals surface area contributed by atoms with Gasteiger partial charge in [0.25, 0.3) is 0 Å². The summed E-state index contributed by atoms with van der Waals surface area (Å²) < 4.78 is 7.79. The van der Waals surface area contributed by atoms with Crippen LogP contribution in [0.15, 0.2) is 42.7 Å². The average Bonchev–Trinajstić information content (AvgIpc) is 3.47. The molecule has 8 nitrogen and oxygen atoms in total. The van der Waals surface area contributed by atoms with Crippen LogP contribution in [0.3, 0.4) is 0 Å². The van der Waals surface area contributed by atoms with Gasteiger partial charge in [-0.25, -0.2) is 4.98 Å². The number of hydrogen-bond acceptors (Lipinski definition) is 5. The van der Waals surface area contributed by atoms with Crippen molar-refractivity contribution in [2.75, 3.05) is 19.8 Å². The summed E-state index contributed by atoms with van der Waals surface area (Å²) >= 11 is 0. The van der Waals surface area contributed by atoms with Crippen molar-refractivity contribution in [3.63, 3.8) is 0 Å². The molecule has 1 saturated heterocycles. The maximum absolute atomic E-state index is 11.6. The number of aromatic nitrogens is 5. The number of imidazole rings is 1. The highest BCUT2D eigenvalue weighted by Gasteiger charge is 2.30. The number of rotatable bonds is 4. The fraction of sp³-hybridized carbons (Fsp3) is 0.333. The number of nitrogens with one attached hydrogen (secondary N) is 1. The molecule has 3 aromatic heterocycles. The first kappa shape index (κ1) is 19.2. The summed E-state index contributed by atoms with van der Waals surface area (Å²) in [6.07, 6.45) is 7.24. The van der Waals surface area contributed by atoms with Crippen LogP contribution in [0.4, 0.5) is 0 Å². The first-order valence-corrected chi connectivity index (χ1v) is 11.1.